The van der Waals surface area contributed by atoms with Crippen molar-refractivity contribution in [1.82, 2.24) is 10.2 Å². The molecule has 0 radical (unpaired) electrons. The van der Waals surface area contributed by atoms with Crippen LogP contribution in [0.15, 0.2) is 48.5 Å². The van der Waals surface area contributed by atoms with Gasteiger partial charge in [0.05, 0.1) is 6.61 Å². The highest BCUT2D eigenvalue weighted by Gasteiger charge is 2.25. The highest BCUT2D eigenvalue weighted by atomic mass is 16.5. The number of hydrogen-bond donors (Lipinski definition) is 1. The summed E-state index contributed by atoms with van der Waals surface area (Å²) in [6.45, 7) is 10.4. The summed E-state index contributed by atoms with van der Waals surface area (Å²) in [5.41, 5.74) is 3.22. The molecule has 0 saturated carbocycles. The van der Waals surface area contributed by atoms with Crippen LogP contribution in [0.4, 0.5) is 0 Å². The number of nitrogens with zero attached hydrogens (tertiary/aromatic N) is 1. The van der Waals surface area contributed by atoms with Gasteiger partial charge >= 0.3 is 0 Å². The molecule has 3 rings (SSSR count). The van der Waals surface area contributed by atoms with Gasteiger partial charge in [0.1, 0.15) is 5.75 Å². The molecule has 0 atom stereocenters. The van der Waals surface area contributed by atoms with Gasteiger partial charge in [0.2, 0.25) is 5.91 Å². The minimum Gasteiger partial charge on any atom is -0.494 e. The third-order valence-corrected chi connectivity index (χ3v) is 5.98. The lowest BCUT2D eigenvalue weighted by Crippen LogP contribution is -2.46. The van der Waals surface area contributed by atoms with Gasteiger partial charge in [0, 0.05) is 31.1 Å². The molecule has 172 valence electrons. The summed E-state index contributed by atoms with van der Waals surface area (Å²) in [6.07, 6.45) is 2.71. The quantitative estimate of drug-likeness (QED) is 0.630. The van der Waals surface area contributed by atoms with E-state index in [4.69, 9.17) is 4.74 Å². The van der Waals surface area contributed by atoms with Gasteiger partial charge in [-0.25, -0.2) is 0 Å². The molecular weight excluding hydrogens is 400 g/mol. The third kappa shape index (κ3) is 6.84. The zero-order valence-corrected chi connectivity index (χ0v) is 19.8. The van der Waals surface area contributed by atoms with E-state index in [-0.39, 0.29) is 23.3 Å². The topological polar surface area (TPSA) is 58.6 Å². The van der Waals surface area contributed by atoms with E-state index >= 15 is 0 Å². The molecule has 2 amide bonds. The zero-order chi connectivity index (χ0) is 23.1. The predicted molar refractivity (Wildman–Crippen MR) is 128 cm³/mol. The Bertz CT molecular complexity index is 890. The number of rotatable bonds is 7. The smallest absolute Gasteiger partial charge is 0.253 e. The van der Waals surface area contributed by atoms with Crippen LogP contribution in [0.5, 0.6) is 5.75 Å². The molecular formula is C27H36N2O3. The van der Waals surface area contributed by atoms with Gasteiger partial charge < -0.3 is 15.0 Å². The zero-order valence-electron chi connectivity index (χ0n) is 19.8. The minimum atomic E-state index is 0.0556. The molecule has 0 bridgehead atoms. The van der Waals surface area contributed by atoms with E-state index in [0.29, 0.717) is 32.5 Å². The van der Waals surface area contributed by atoms with Crippen molar-refractivity contribution in [1.29, 1.82) is 0 Å². The number of likely N-dealkylation sites (tertiary alicyclic amines) is 1. The summed E-state index contributed by atoms with van der Waals surface area (Å²) in [7, 11) is 0. The normalized spacial score (nSPS) is 14.8. The Hall–Kier alpha value is -2.82. The summed E-state index contributed by atoms with van der Waals surface area (Å²) in [5.74, 6) is 0.963. The van der Waals surface area contributed by atoms with E-state index < -0.39 is 0 Å². The van der Waals surface area contributed by atoms with Crippen molar-refractivity contribution in [3.8, 4) is 5.75 Å². The predicted octanol–water partition coefficient (Wildman–Crippen LogP) is 4.87. The van der Waals surface area contributed by atoms with Crippen LogP contribution in [-0.2, 0) is 10.2 Å². The Morgan fingerprint density at radius 1 is 1.00 bits per heavy atom. The molecule has 1 N–H and O–H groups in total. The molecule has 0 unspecified atom stereocenters. The van der Waals surface area contributed by atoms with Crippen molar-refractivity contribution >= 4 is 11.8 Å². The second-order valence-corrected chi connectivity index (χ2v) is 9.73. The van der Waals surface area contributed by atoms with Crippen molar-refractivity contribution in [2.75, 3.05) is 19.7 Å². The number of aryl methyl sites for hydroxylation is 1. The van der Waals surface area contributed by atoms with Crippen LogP contribution in [0, 0.1) is 6.92 Å². The average molecular weight is 437 g/mol. The van der Waals surface area contributed by atoms with E-state index in [1.807, 2.05) is 60.4 Å². The average Bonchev–Trinajstić information content (AvgIpc) is 2.77. The fourth-order valence-corrected chi connectivity index (χ4v) is 3.88. The van der Waals surface area contributed by atoms with Crippen LogP contribution in [0.3, 0.4) is 0 Å². The number of hydrogen-bond acceptors (Lipinski definition) is 3. The van der Waals surface area contributed by atoms with E-state index in [2.05, 4.69) is 26.1 Å². The Morgan fingerprint density at radius 3 is 2.22 bits per heavy atom. The van der Waals surface area contributed by atoms with Gasteiger partial charge in [-0.05, 0) is 61.4 Å². The number of piperidine rings is 1. The highest BCUT2D eigenvalue weighted by molar-refractivity contribution is 5.94. The minimum absolute atomic E-state index is 0.0556. The van der Waals surface area contributed by atoms with Gasteiger partial charge in [0.25, 0.3) is 5.91 Å². The summed E-state index contributed by atoms with van der Waals surface area (Å²) in [6, 6.07) is 16.0. The van der Waals surface area contributed by atoms with Crippen LogP contribution in [0.2, 0.25) is 0 Å². The SMILES string of the molecule is Cc1ccc(OCCCC(=O)NC2CCN(C(=O)c3ccc(C(C)(C)C)cc3)CC2)cc1. The highest BCUT2D eigenvalue weighted by Crippen LogP contribution is 2.23. The first-order chi connectivity index (χ1) is 15.2. The summed E-state index contributed by atoms with van der Waals surface area (Å²) in [5, 5.41) is 3.12. The maximum atomic E-state index is 12.8. The van der Waals surface area contributed by atoms with Gasteiger partial charge in [-0.3, -0.25) is 9.59 Å². The van der Waals surface area contributed by atoms with Gasteiger partial charge in [0.15, 0.2) is 0 Å². The Labute approximate surface area is 192 Å². The third-order valence-electron chi connectivity index (χ3n) is 5.98. The lowest BCUT2D eigenvalue weighted by atomic mass is 9.86. The molecule has 2 aromatic rings. The first kappa shape index (κ1) is 23.8. The molecule has 1 aliphatic rings. The summed E-state index contributed by atoms with van der Waals surface area (Å²) in [4.78, 5) is 27.0. The van der Waals surface area contributed by atoms with E-state index in [0.717, 1.165) is 24.2 Å². The molecule has 2 aromatic carbocycles. The van der Waals surface area contributed by atoms with Crippen molar-refractivity contribution < 1.29 is 14.3 Å². The molecule has 0 aromatic heterocycles. The van der Waals surface area contributed by atoms with Crippen LogP contribution in [0.25, 0.3) is 0 Å². The van der Waals surface area contributed by atoms with Crippen LogP contribution in [-0.4, -0.2) is 42.5 Å². The van der Waals surface area contributed by atoms with Crippen molar-refractivity contribution in [2.24, 2.45) is 0 Å². The fourth-order valence-electron chi connectivity index (χ4n) is 3.88. The lowest BCUT2D eigenvalue weighted by molar-refractivity contribution is -0.122. The number of benzene rings is 2. The second kappa shape index (κ2) is 10.7. The molecule has 1 fully saturated rings. The monoisotopic (exact) mass is 436 g/mol. The summed E-state index contributed by atoms with van der Waals surface area (Å²) >= 11 is 0. The largest absolute Gasteiger partial charge is 0.494 e. The number of ether oxygens (including phenoxy) is 1. The number of carbonyl (C=O) groups is 2. The standard InChI is InChI=1S/C27H36N2O3/c1-20-7-13-24(14-8-20)32-19-5-6-25(30)28-23-15-17-29(18-16-23)26(31)21-9-11-22(12-10-21)27(2,3)4/h7-14,23H,5-6,15-19H2,1-4H3,(H,28,30). The maximum absolute atomic E-state index is 12.8. The van der Waals surface area contributed by atoms with Gasteiger partial charge in [-0.1, -0.05) is 50.6 Å². The lowest BCUT2D eigenvalue weighted by Gasteiger charge is -2.32. The number of amides is 2. The molecule has 1 heterocycles. The maximum Gasteiger partial charge on any atom is 0.253 e. The number of nitrogens with one attached hydrogen (secondary N) is 1. The Balaban J connectivity index is 1.36. The first-order valence-corrected chi connectivity index (χ1v) is 11.6. The Morgan fingerprint density at radius 2 is 1.62 bits per heavy atom. The molecule has 0 spiro atoms. The molecule has 5 heteroatoms. The van der Waals surface area contributed by atoms with Crippen LogP contribution < -0.4 is 10.1 Å². The van der Waals surface area contributed by atoms with Crippen molar-refractivity contribution in [3.63, 3.8) is 0 Å². The number of carbonyl (C=O) groups excluding carboxylic acids is 2. The summed E-state index contributed by atoms with van der Waals surface area (Å²) < 4.78 is 5.69. The van der Waals surface area contributed by atoms with Gasteiger partial charge in [-0.2, -0.15) is 0 Å². The molecule has 5 nitrogen and oxygen atoms in total. The fraction of sp³-hybridized carbons (Fsp3) is 0.481. The van der Waals surface area contributed by atoms with Crippen molar-refractivity contribution in [3.05, 3.63) is 65.2 Å². The van der Waals surface area contributed by atoms with Crippen LogP contribution >= 0.6 is 0 Å². The molecule has 0 aliphatic carbocycles. The molecule has 32 heavy (non-hydrogen) atoms. The van der Waals surface area contributed by atoms with E-state index in [9.17, 15) is 9.59 Å². The Kier molecular flexibility index (Phi) is 7.94. The van der Waals surface area contributed by atoms with E-state index in [1.54, 1.807) is 0 Å². The first-order valence-electron chi connectivity index (χ1n) is 11.6. The van der Waals surface area contributed by atoms with Crippen molar-refractivity contribution in [2.45, 2.75) is 64.8 Å². The molecule has 1 saturated heterocycles. The van der Waals surface area contributed by atoms with Crippen LogP contribution in [0.1, 0.15) is 67.9 Å². The van der Waals surface area contributed by atoms with E-state index in [1.165, 1.54) is 11.1 Å². The molecule has 1 aliphatic heterocycles. The second-order valence-electron chi connectivity index (χ2n) is 9.73. The van der Waals surface area contributed by atoms with Gasteiger partial charge in [-0.15, -0.1) is 0 Å².